The molecule has 0 amide bonds. The molecule has 1 atom stereocenters. The third-order valence-electron chi connectivity index (χ3n) is 12.6. The Balaban J connectivity index is 1.22. The first-order valence-electron chi connectivity index (χ1n) is 21.2. The predicted octanol–water partition coefficient (Wildman–Crippen LogP) is 16.7. The maximum absolute atomic E-state index is 2.46. The summed E-state index contributed by atoms with van der Waals surface area (Å²) in [5, 5.41) is 5.14. The highest BCUT2D eigenvalue weighted by Gasteiger charge is 2.27. The zero-order valence-electron chi connectivity index (χ0n) is 35.2. The van der Waals surface area contributed by atoms with Gasteiger partial charge in [-0.1, -0.05) is 203 Å². The molecule has 0 nitrogen and oxygen atoms in total. The van der Waals surface area contributed by atoms with Gasteiger partial charge < -0.3 is 0 Å². The Morgan fingerprint density at radius 2 is 1.24 bits per heavy atom. The minimum absolute atomic E-state index is 0.249. The Morgan fingerprint density at radius 1 is 0.576 bits per heavy atom. The highest BCUT2D eigenvalue weighted by Crippen LogP contribution is 2.46. The van der Waals surface area contributed by atoms with Crippen LogP contribution in [0.15, 0.2) is 169 Å². The smallest absolute Gasteiger partial charge is 0.00847 e. The predicted molar refractivity (Wildman–Crippen MR) is 259 cm³/mol. The molecule has 0 spiro atoms. The highest BCUT2D eigenvalue weighted by atomic mass is 14.3. The molecule has 2 aliphatic carbocycles. The van der Waals surface area contributed by atoms with Crippen LogP contribution in [0.4, 0.5) is 0 Å². The fourth-order valence-electron chi connectivity index (χ4n) is 9.47. The van der Waals surface area contributed by atoms with Gasteiger partial charge in [0.1, 0.15) is 0 Å². The van der Waals surface area contributed by atoms with Crippen LogP contribution in [0, 0.1) is 12.8 Å². The molecule has 7 aromatic carbocycles. The second-order valence-electron chi connectivity index (χ2n) is 17.0. The summed E-state index contributed by atoms with van der Waals surface area (Å²) in [6, 6.07) is 47.5. The Morgan fingerprint density at radius 3 is 1.98 bits per heavy atom. The fourth-order valence-corrected chi connectivity index (χ4v) is 9.47. The summed E-state index contributed by atoms with van der Waals surface area (Å²) in [6.07, 6.45) is 24.2. The summed E-state index contributed by atoms with van der Waals surface area (Å²) in [5.74, 6) is 0.429. The largest absolute Gasteiger partial charge is 0.0874 e. The number of hydrogen-bond donors (Lipinski definition) is 0. The van der Waals surface area contributed by atoms with Crippen LogP contribution in [0.1, 0.15) is 80.0 Å². The molecule has 0 aliphatic heterocycles. The average Bonchev–Trinajstić information content (AvgIpc) is 3.31. The lowest BCUT2D eigenvalue weighted by molar-refractivity contribution is 0.672. The molecule has 2 aliphatic rings. The van der Waals surface area contributed by atoms with E-state index < -0.39 is 0 Å². The molecule has 9 rings (SSSR count). The zero-order chi connectivity index (χ0) is 40.7. The number of aryl methyl sites for hydroxylation is 1. The summed E-state index contributed by atoms with van der Waals surface area (Å²) in [5.41, 5.74) is 19.0. The maximum Gasteiger partial charge on any atom is 0.00847 e. The lowest BCUT2D eigenvalue weighted by Crippen LogP contribution is -2.15. The van der Waals surface area contributed by atoms with Crippen molar-refractivity contribution >= 4 is 51.4 Å². The van der Waals surface area contributed by atoms with Crippen LogP contribution in [-0.2, 0) is 5.41 Å². The average molecular weight is 761 g/mol. The number of fused-ring (bicyclic) bond motifs is 4. The molecular formula is C59H52. The van der Waals surface area contributed by atoms with Gasteiger partial charge in [-0.05, 0) is 144 Å². The van der Waals surface area contributed by atoms with E-state index in [1.54, 1.807) is 0 Å². The molecule has 59 heavy (non-hydrogen) atoms. The number of hydrogen-bond acceptors (Lipinski definition) is 0. The van der Waals surface area contributed by atoms with Crippen molar-refractivity contribution in [2.45, 2.75) is 53.4 Å². The van der Waals surface area contributed by atoms with E-state index >= 15 is 0 Å². The molecule has 0 heterocycles. The van der Waals surface area contributed by atoms with Crippen molar-refractivity contribution in [2.75, 3.05) is 0 Å². The zero-order valence-corrected chi connectivity index (χ0v) is 35.2. The van der Waals surface area contributed by atoms with Gasteiger partial charge in [-0.15, -0.1) is 0 Å². The standard InChI is InChI=1S/C59H52/c1-7-14-41-22-30-48(36-39(41)3)57-52-19-11-12-20-53(52)58(49-31-23-42(15-8-2)40(4)37-49)55-34-35-59(5,6)56-38-47(29-28-46(56)32-33-54(55)57)43-24-26-45(27-25-43)51-21-13-17-44-16-9-10-18-50(44)51/h7-36,38,40H,37H2,1-6H3/b14-7-,15-8-,33-32+,35-34+. The summed E-state index contributed by atoms with van der Waals surface area (Å²) in [4.78, 5) is 0. The van der Waals surface area contributed by atoms with Gasteiger partial charge in [0.15, 0.2) is 0 Å². The third kappa shape index (κ3) is 7.08. The van der Waals surface area contributed by atoms with E-state index in [0.717, 1.165) is 6.42 Å². The maximum atomic E-state index is 2.46. The van der Waals surface area contributed by atoms with E-state index in [9.17, 15) is 0 Å². The van der Waals surface area contributed by atoms with Crippen molar-refractivity contribution < 1.29 is 0 Å². The Hall–Kier alpha value is -6.50. The number of allylic oxidation sites excluding steroid dienone is 8. The molecule has 0 heteroatoms. The van der Waals surface area contributed by atoms with Gasteiger partial charge in [0.05, 0.1) is 0 Å². The fraction of sp³-hybridized carbons (Fsp3) is 0.153. The van der Waals surface area contributed by atoms with Crippen LogP contribution in [0.5, 0.6) is 0 Å². The van der Waals surface area contributed by atoms with Crippen LogP contribution in [0.3, 0.4) is 0 Å². The molecule has 0 aromatic heterocycles. The lowest BCUT2D eigenvalue weighted by atomic mass is 9.77. The van der Waals surface area contributed by atoms with Crippen LogP contribution in [-0.4, -0.2) is 0 Å². The van der Waals surface area contributed by atoms with Gasteiger partial charge >= 0.3 is 0 Å². The van der Waals surface area contributed by atoms with Gasteiger partial charge in [0, 0.05) is 5.41 Å². The second-order valence-corrected chi connectivity index (χ2v) is 17.0. The molecular weight excluding hydrogens is 709 g/mol. The van der Waals surface area contributed by atoms with Gasteiger partial charge in [0.2, 0.25) is 0 Å². The topological polar surface area (TPSA) is 0 Å². The molecule has 0 saturated carbocycles. The van der Waals surface area contributed by atoms with Crippen molar-refractivity contribution in [3.05, 3.63) is 208 Å². The van der Waals surface area contributed by atoms with E-state index in [0.29, 0.717) is 5.92 Å². The Bertz CT molecular complexity index is 2940. The normalized spacial score (nSPS) is 17.2. The molecule has 1 unspecified atom stereocenters. The molecule has 288 valence electrons. The minimum atomic E-state index is -0.249. The van der Waals surface area contributed by atoms with Gasteiger partial charge in [0.25, 0.3) is 0 Å². The first-order valence-corrected chi connectivity index (χ1v) is 21.2. The summed E-state index contributed by atoms with van der Waals surface area (Å²) in [6.45, 7) is 13.5. The number of rotatable bonds is 6. The van der Waals surface area contributed by atoms with Crippen LogP contribution in [0.25, 0.3) is 84.8 Å². The van der Waals surface area contributed by atoms with Crippen molar-refractivity contribution in [2.24, 2.45) is 5.92 Å². The van der Waals surface area contributed by atoms with Crippen molar-refractivity contribution in [1.29, 1.82) is 0 Å². The molecule has 0 N–H and O–H groups in total. The third-order valence-corrected chi connectivity index (χ3v) is 12.6. The van der Waals surface area contributed by atoms with E-state index in [4.69, 9.17) is 0 Å². The molecule has 0 saturated heterocycles. The van der Waals surface area contributed by atoms with E-state index in [1.165, 1.54) is 105 Å². The highest BCUT2D eigenvalue weighted by molar-refractivity contribution is 6.10. The molecule has 7 aromatic rings. The van der Waals surface area contributed by atoms with E-state index in [-0.39, 0.29) is 5.41 Å². The van der Waals surface area contributed by atoms with E-state index in [2.05, 4.69) is 230 Å². The second kappa shape index (κ2) is 15.7. The first-order chi connectivity index (χ1) is 28.7. The molecule has 0 fully saturated rings. The van der Waals surface area contributed by atoms with Gasteiger partial charge in [-0.25, -0.2) is 0 Å². The lowest BCUT2D eigenvalue weighted by Gasteiger charge is -2.26. The number of benzene rings is 7. The molecule has 0 radical (unpaired) electrons. The summed E-state index contributed by atoms with van der Waals surface area (Å²) < 4.78 is 0. The summed E-state index contributed by atoms with van der Waals surface area (Å²) >= 11 is 0. The van der Waals surface area contributed by atoms with E-state index in [1.807, 2.05) is 0 Å². The van der Waals surface area contributed by atoms with Gasteiger partial charge in [-0.2, -0.15) is 0 Å². The summed E-state index contributed by atoms with van der Waals surface area (Å²) in [7, 11) is 0. The van der Waals surface area contributed by atoms with Crippen molar-refractivity contribution in [1.82, 2.24) is 0 Å². The first kappa shape index (κ1) is 38.0. The van der Waals surface area contributed by atoms with Crippen LogP contribution >= 0.6 is 0 Å². The Labute approximate surface area is 351 Å². The van der Waals surface area contributed by atoms with Crippen LogP contribution in [0.2, 0.25) is 0 Å². The van der Waals surface area contributed by atoms with Gasteiger partial charge in [-0.3, -0.25) is 0 Å². The quantitative estimate of drug-likeness (QED) is 0.158. The van der Waals surface area contributed by atoms with Crippen molar-refractivity contribution in [3.8, 4) is 33.4 Å². The molecule has 0 bridgehead atoms. The van der Waals surface area contributed by atoms with Crippen molar-refractivity contribution in [3.63, 3.8) is 0 Å². The minimum Gasteiger partial charge on any atom is -0.0874 e. The SMILES string of the molecule is C/C=C\C1=CC=C(c2c3c(c(-c4ccc(/C=C\C)c(C)c4)c4ccccc24)/C=C/c2ccc(-c4ccc(-c5cccc6ccccc56)cc4)cc2C(C)(C)/C=C/3)CC1C. The Kier molecular flexibility index (Phi) is 10.1. The monoisotopic (exact) mass is 760 g/mol. The van der Waals surface area contributed by atoms with Crippen LogP contribution < -0.4 is 0 Å².